The first kappa shape index (κ1) is 23.4. The fourth-order valence-corrected chi connectivity index (χ4v) is 6.73. The second-order valence-electron chi connectivity index (χ2n) is 7.52. The summed E-state index contributed by atoms with van der Waals surface area (Å²) in [5.41, 5.74) is 1.34. The van der Waals surface area contributed by atoms with Crippen molar-refractivity contribution < 1.29 is 26.3 Å². The number of nitrogens with one attached hydrogen (secondary N) is 1. The average molecular weight is 469 g/mol. The number of benzene rings is 2. The Balaban J connectivity index is 1.99. The zero-order valence-corrected chi connectivity index (χ0v) is 19.8. The van der Waals surface area contributed by atoms with Gasteiger partial charge in [0.2, 0.25) is 10.0 Å². The number of methoxy groups -OCH3 is 2. The lowest BCUT2D eigenvalue weighted by atomic mass is 10.1. The third-order valence-corrected chi connectivity index (χ3v) is 8.77. The first-order valence-electron chi connectivity index (χ1n) is 9.96. The fourth-order valence-electron chi connectivity index (χ4n) is 3.67. The van der Waals surface area contributed by atoms with Gasteiger partial charge in [-0.3, -0.25) is 4.72 Å². The molecule has 0 amide bonds. The summed E-state index contributed by atoms with van der Waals surface area (Å²) in [5, 5.41) is 0. The maximum absolute atomic E-state index is 13.2. The van der Waals surface area contributed by atoms with Crippen molar-refractivity contribution in [3.05, 3.63) is 41.5 Å². The predicted octanol–water partition coefficient (Wildman–Crippen LogP) is 3.30. The van der Waals surface area contributed by atoms with Crippen molar-refractivity contribution in [3.63, 3.8) is 0 Å². The van der Waals surface area contributed by atoms with Crippen molar-refractivity contribution >= 4 is 25.7 Å². The summed E-state index contributed by atoms with van der Waals surface area (Å²) in [6.07, 6.45) is 2.58. The largest absolute Gasteiger partial charge is 0.496 e. The maximum atomic E-state index is 13.2. The molecule has 8 nitrogen and oxygen atoms in total. The van der Waals surface area contributed by atoms with E-state index in [1.807, 2.05) is 0 Å². The van der Waals surface area contributed by atoms with Crippen molar-refractivity contribution in [3.8, 4) is 11.5 Å². The van der Waals surface area contributed by atoms with E-state index < -0.39 is 20.0 Å². The van der Waals surface area contributed by atoms with Gasteiger partial charge in [-0.1, -0.05) is 6.42 Å². The molecule has 0 radical (unpaired) electrons. The van der Waals surface area contributed by atoms with Gasteiger partial charge < -0.3 is 9.47 Å². The highest BCUT2D eigenvalue weighted by Crippen LogP contribution is 2.33. The van der Waals surface area contributed by atoms with E-state index in [1.165, 1.54) is 42.8 Å². The Morgan fingerprint density at radius 1 is 0.806 bits per heavy atom. The van der Waals surface area contributed by atoms with Gasteiger partial charge in [0.1, 0.15) is 16.4 Å². The molecule has 2 aromatic rings. The van der Waals surface area contributed by atoms with Crippen molar-refractivity contribution in [2.45, 2.75) is 42.9 Å². The quantitative estimate of drug-likeness (QED) is 0.669. The third-order valence-electron chi connectivity index (χ3n) is 5.33. The van der Waals surface area contributed by atoms with E-state index in [-0.39, 0.29) is 21.2 Å². The molecule has 2 aromatic carbocycles. The van der Waals surface area contributed by atoms with Crippen molar-refractivity contribution in [1.29, 1.82) is 0 Å². The van der Waals surface area contributed by atoms with Crippen LogP contribution < -0.4 is 14.2 Å². The molecule has 1 saturated heterocycles. The predicted molar refractivity (Wildman–Crippen MR) is 119 cm³/mol. The lowest BCUT2D eigenvalue weighted by molar-refractivity contribution is 0.343. The van der Waals surface area contributed by atoms with Crippen molar-refractivity contribution in [1.82, 2.24) is 4.31 Å². The van der Waals surface area contributed by atoms with Gasteiger partial charge in [0, 0.05) is 13.1 Å². The zero-order valence-electron chi connectivity index (χ0n) is 18.1. The van der Waals surface area contributed by atoms with Gasteiger partial charge in [0.25, 0.3) is 10.0 Å². The number of piperidine rings is 1. The van der Waals surface area contributed by atoms with E-state index in [0.717, 1.165) is 19.3 Å². The van der Waals surface area contributed by atoms with Crippen LogP contribution in [0.4, 0.5) is 5.69 Å². The molecule has 1 heterocycles. The summed E-state index contributed by atoms with van der Waals surface area (Å²) >= 11 is 0. The topological polar surface area (TPSA) is 102 Å². The zero-order chi connectivity index (χ0) is 22.8. The first-order valence-corrected chi connectivity index (χ1v) is 12.9. The molecular weight excluding hydrogens is 440 g/mol. The van der Waals surface area contributed by atoms with Crippen LogP contribution in [0.3, 0.4) is 0 Å². The Hall–Kier alpha value is -2.30. The lowest BCUT2D eigenvalue weighted by Gasteiger charge is -2.26. The maximum Gasteiger partial charge on any atom is 0.262 e. The smallest absolute Gasteiger partial charge is 0.262 e. The van der Waals surface area contributed by atoms with E-state index in [1.54, 1.807) is 19.9 Å². The van der Waals surface area contributed by atoms with E-state index in [0.29, 0.717) is 30.0 Å². The Morgan fingerprint density at radius 2 is 1.45 bits per heavy atom. The third kappa shape index (κ3) is 4.81. The molecule has 3 rings (SSSR count). The summed E-state index contributed by atoms with van der Waals surface area (Å²) in [7, 11) is -4.86. The monoisotopic (exact) mass is 468 g/mol. The molecule has 1 aliphatic heterocycles. The number of hydrogen-bond acceptors (Lipinski definition) is 6. The molecule has 0 bridgehead atoms. The number of sulfonamides is 2. The van der Waals surface area contributed by atoms with Gasteiger partial charge in [-0.25, -0.2) is 16.8 Å². The first-order chi connectivity index (χ1) is 14.6. The van der Waals surface area contributed by atoms with Gasteiger partial charge in [0.05, 0.1) is 24.8 Å². The van der Waals surface area contributed by atoms with Crippen LogP contribution in [0.5, 0.6) is 11.5 Å². The number of ether oxygens (including phenoxy) is 2. The van der Waals surface area contributed by atoms with Gasteiger partial charge in [-0.15, -0.1) is 0 Å². The van der Waals surface area contributed by atoms with Gasteiger partial charge in [-0.2, -0.15) is 4.31 Å². The normalized spacial score (nSPS) is 15.5. The lowest BCUT2D eigenvalue weighted by Crippen LogP contribution is -2.35. The summed E-state index contributed by atoms with van der Waals surface area (Å²) in [5.74, 6) is 0.765. The van der Waals surface area contributed by atoms with Crippen LogP contribution in [-0.2, 0) is 20.0 Å². The van der Waals surface area contributed by atoms with Crippen molar-refractivity contribution in [2.24, 2.45) is 0 Å². The van der Waals surface area contributed by atoms with Crippen molar-refractivity contribution in [2.75, 3.05) is 32.0 Å². The van der Waals surface area contributed by atoms with Crippen LogP contribution in [0.2, 0.25) is 0 Å². The highest BCUT2D eigenvalue weighted by molar-refractivity contribution is 7.92. The Kier molecular flexibility index (Phi) is 6.82. The van der Waals surface area contributed by atoms with Crippen LogP contribution in [0.25, 0.3) is 0 Å². The molecule has 0 aliphatic carbocycles. The average Bonchev–Trinajstić information content (AvgIpc) is 2.75. The number of anilines is 1. The van der Waals surface area contributed by atoms with Gasteiger partial charge in [0.15, 0.2) is 0 Å². The Bertz CT molecular complexity index is 1170. The highest BCUT2D eigenvalue weighted by atomic mass is 32.2. The Labute approximate surface area is 184 Å². The van der Waals surface area contributed by atoms with Crippen LogP contribution in [0.1, 0.15) is 30.4 Å². The number of aryl methyl sites for hydroxylation is 2. The molecule has 0 aromatic heterocycles. The molecule has 1 fully saturated rings. The van der Waals surface area contributed by atoms with E-state index in [4.69, 9.17) is 9.47 Å². The van der Waals surface area contributed by atoms with E-state index in [9.17, 15) is 16.8 Å². The number of nitrogens with zero attached hydrogens (tertiary/aromatic N) is 1. The highest BCUT2D eigenvalue weighted by Gasteiger charge is 2.30. The molecule has 170 valence electrons. The minimum Gasteiger partial charge on any atom is -0.496 e. The van der Waals surface area contributed by atoms with E-state index >= 15 is 0 Å². The molecule has 10 heteroatoms. The van der Waals surface area contributed by atoms with E-state index in [2.05, 4.69) is 4.72 Å². The minimum absolute atomic E-state index is 0.0558. The molecule has 0 spiro atoms. The second kappa shape index (κ2) is 9.05. The second-order valence-corrected chi connectivity index (χ2v) is 11.1. The SMILES string of the molecule is COc1cc(C)c(S(=O)(=O)Nc2ccc(OC)c(S(=O)(=O)N3CCCCC3)c2)cc1C. The summed E-state index contributed by atoms with van der Waals surface area (Å²) in [4.78, 5) is 0.0433. The fraction of sp³-hybridized carbons (Fsp3) is 0.429. The standard InChI is InChI=1S/C21H28N2O6S2/c1-15-13-20(16(2)12-19(15)29-4)30(24,25)22-17-8-9-18(28-3)21(14-17)31(26,27)23-10-6-5-7-11-23/h8-9,12-14,22H,5-7,10-11H2,1-4H3. The number of rotatable bonds is 7. The molecule has 1 N–H and O–H groups in total. The molecule has 31 heavy (non-hydrogen) atoms. The molecule has 0 saturated carbocycles. The summed E-state index contributed by atoms with van der Waals surface area (Å²) < 4.78 is 66.9. The number of hydrogen-bond donors (Lipinski definition) is 1. The molecule has 1 aliphatic rings. The molecular formula is C21H28N2O6S2. The molecule has 0 atom stereocenters. The van der Waals surface area contributed by atoms with Gasteiger partial charge >= 0.3 is 0 Å². The van der Waals surface area contributed by atoms with Crippen LogP contribution in [-0.4, -0.2) is 48.4 Å². The van der Waals surface area contributed by atoms with Gasteiger partial charge in [-0.05, 0) is 68.1 Å². The summed E-state index contributed by atoms with van der Waals surface area (Å²) in [6.45, 7) is 4.31. The Morgan fingerprint density at radius 3 is 2.06 bits per heavy atom. The van der Waals surface area contributed by atoms with Crippen LogP contribution in [0, 0.1) is 13.8 Å². The van der Waals surface area contributed by atoms with Crippen LogP contribution >= 0.6 is 0 Å². The van der Waals surface area contributed by atoms with Crippen LogP contribution in [0.15, 0.2) is 40.1 Å². The minimum atomic E-state index is -3.95. The molecule has 0 unspecified atom stereocenters. The summed E-state index contributed by atoms with van der Waals surface area (Å²) in [6, 6.07) is 7.44.